The number of phenolic OH excluding ortho intramolecular Hbond substituents is 4. The Morgan fingerprint density at radius 1 is 0.419 bits per heavy atom. The fraction of sp³-hybridized carbons (Fsp3) is 0.200. The summed E-state index contributed by atoms with van der Waals surface area (Å²) in [6, 6.07) is 24.1. The van der Waals surface area contributed by atoms with Crippen LogP contribution in [-0.2, 0) is 21.7 Å². The first kappa shape index (κ1) is 42.5. The van der Waals surface area contributed by atoms with Crippen LogP contribution in [0.2, 0.25) is 0 Å². The van der Waals surface area contributed by atoms with Gasteiger partial charge in [-0.2, -0.15) is 0 Å². The molecular formula is C50H52N4O8. The number of benzene rings is 2. The number of aliphatic hydroxyl groups is 4. The van der Waals surface area contributed by atoms with E-state index >= 15 is 0 Å². The minimum Gasteiger partial charge on any atom is -0.512 e. The molecule has 12 heteroatoms. The highest BCUT2D eigenvalue weighted by atomic mass is 16.3. The van der Waals surface area contributed by atoms with E-state index in [1.165, 1.54) is 50.3 Å². The molecule has 0 radical (unpaired) electrons. The molecule has 7 rings (SSSR count). The van der Waals surface area contributed by atoms with Gasteiger partial charge in [0.1, 0.15) is 34.5 Å². The van der Waals surface area contributed by atoms with Gasteiger partial charge in [0.2, 0.25) is 0 Å². The van der Waals surface area contributed by atoms with Gasteiger partial charge in [0.15, 0.2) is 0 Å². The Morgan fingerprint density at radius 2 is 0.661 bits per heavy atom. The van der Waals surface area contributed by atoms with Crippen molar-refractivity contribution < 1.29 is 40.9 Å². The highest BCUT2D eigenvalue weighted by Gasteiger charge is 2.44. The lowest BCUT2D eigenvalue weighted by Crippen LogP contribution is -2.32. The molecular weight excluding hydrogens is 785 g/mol. The molecule has 0 fully saturated rings. The fourth-order valence-corrected chi connectivity index (χ4v) is 8.73. The number of aliphatic hydroxyl groups excluding tert-OH is 4. The molecule has 0 aliphatic carbocycles. The third kappa shape index (κ3) is 7.02. The number of aromatic hydroxyl groups is 4. The predicted molar refractivity (Wildman–Crippen MR) is 239 cm³/mol. The number of H-pyrrole nitrogens is 4. The predicted octanol–water partition coefficient (Wildman–Crippen LogP) is 10.4. The van der Waals surface area contributed by atoms with Crippen LogP contribution in [0.4, 0.5) is 0 Å². The van der Waals surface area contributed by atoms with Crippen molar-refractivity contribution in [2.24, 2.45) is 0 Å². The van der Waals surface area contributed by atoms with E-state index in [-0.39, 0.29) is 46.0 Å². The number of hydrogen-bond donors (Lipinski definition) is 12. The standard InChI is InChI=1S/C50H52N4O8/c1-27(17-33(57)19-29(3)55)47(5)39-9-10-40(51-39)48(6,28(2)18-34(58)20-30(4)56)42-12-14-44(53-42)50(8,32-23-37(61)26-38(62)24-32)46-16-15-45(54-46)49(7,43-13-11-41(47)52-43)31-21-35(59)25-36(60)22-31/h9-26,51-62H,1-2H2,3-8H3/b29-19+,30-20+,33-17+,34-18+/t47-,48+,49-,50+. The Bertz CT molecular complexity index is 2640. The van der Waals surface area contributed by atoms with E-state index in [2.05, 4.69) is 33.1 Å². The summed E-state index contributed by atoms with van der Waals surface area (Å²) >= 11 is 0. The van der Waals surface area contributed by atoms with Crippen molar-refractivity contribution in [2.75, 3.05) is 0 Å². The molecule has 0 unspecified atom stereocenters. The maximum atomic E-state index is 11.0. The van der Waals surface area contributed by atoms with Gasteiger partial charge in [-0.1, -0.05) is 13.2 Å². The summed E-state index contributed by atoms with van der Waals surface area (Å²) < 4.78 is 0. The van der Waals surface area contributed by atoms with Crippen LogP contribution in [0.5, 0.6) is 23.0 Å². The van der Waals surface area contributed by atoms with Crippen molar-refractivity contribution in [1.29, 1.82) is 0 Å². The van der Waals surface area contributed by atoms with Gasteiger partial charge in [-0.05, 0) is 149 Å². The Balaban J connectivity index is 1.60. The summed E-state index contributed by atoms with van der Waals surface area (Å²) in [5.74, 6) is -1.25. The van der Waals surface area contributed by atoms with Crippen molar-refractivity contribution in [3.05, 3.63) is 213 Å². The lowest BCUT2D eigenvalue weighted by Gasteiger charge is -2.34. The Morgan fingerprint density at radius 3 is 0.935 bits per heavy atom. The van der Waals surface area contributed by atoms with Crippen LogP contribution >= 0.6 is 0 Å². The molecule has 1 aliphatic rings. The molecule has 1 aliphatic heterocycles. The molecule has 0 amide bonds. The van der Waals surface area contributed by atoms with E-state index in [0.29, 0.717) is 67.8 Å². The number of phenols is 4. The van der Waals surface area contributed by atoms with E-state index in [1.807, 2.05) is 76.2 Å². The second kappa shape index (κ2) is 15.1. The van der Waals surface area contributed by atoms with Gasteiger partial charge in [-0.3, -0.25) is 0 Å². The molecule has 62 heavy (non-hydrogen) atoms. The van der Waals surface area contributed by atoms with Crippen LogP contribution in [0.3, 0.4) is 0 Å². The van der Waals surface area contributed by atoms with Crippen LogP contribution in [0.25, 0.3) is 0 Å². The highest BCUT2D eigenvalue weighted by molar-refractivity contribution is 5.58. The zero-order valence-corrected chi connectivity index (χ0v) is 35.4. The van der Waals surface area contributed by atoms with Gasteiger partial charge in [0.25, 0.3) is 0 Å². The lowest BCUT2D eigenvalue weighted by molar-refractivity contribution is 0.392. The van der Waals surface area contributed by atoms with Crippen molar-refractivity contribution in [1.82, 2.24) is 19.9 Å². The number of fused-ring (bicyclic) bond motifs is 8. The van der Waals surface area contributed by atoms with Crippen LogP contribution in [0.15, 0.2) is 157 Å². The summed E-state index contributed by atoms with van der Waals surface area (Å²) in [5.41, 5.74) is 2.59. The molecule has 0 spiro atoms. The third-order valence-electron chi connectivity index (χ3n) is 12.7. The molecule has 0 saturated carbocycles. The molecule has 2 aromatic carbocycles. The molecule has 5 heterocycles. The second-order valence-corrected chi connectivity index (χ2v) is 16.9. The molecule has 4 aromatic heterocycles. The normalized spacial score (nSPS) is 23.3. The number of aromatic nitrogens is 4. The molecule has 320 valence electrons. The minimum atomic E-state index is -1.13. The molecule has 0 saturated heterocycles. The van der Waals surface area contributed by atoms with Crippen LogP contribution < -0.4 is 0 Å². The van der Waals surface area contributed by atoms with E-state index in [9.17, 15) is 40.9 Å². The van der Waals surface area contributed by atoms with Crippen molar-refractivity contribution in [3.8, 4) is 23.0 Å². The summed E-state index contributed by atoms with van der Waals surface area (Å²) in [4.78, 5) is 14.6. The van der Waals surface area contributed by atoms with Crippen LogP contribution in [0.1, 0.15) is 98.2 Å². The lowest BCUT2D eigenvalue weighted by atomic mass is 9.75. The number of nitrogens with one attached hydrogen (secondary N) is 4. The average molecular weight is 837 g/mol. The molecule has 6 aromatic rings. The monoisotopic (exact) mass is 836 g/mol. The maximum absolute atomic E-state index is 11.0. The smallest absolute Gasteiger partial charge is 0.119 e. The highest BCUT2D eigenvalue weighted by Crippen LogP contribution is 2.49. The Kier molecular flexibility index (Phi) is 10.4. The van der Waals surface area contributed by atoms with E-state index in [0.717, 1.165) is 0 Å². The first-order valence-corrected chi connectivity index (χ1v) is 19.9. The Hall–Kier alpha value is -7.60. The zero-order chi connectivity index (χ0) is 45.1. The SMILES string of the molecule is C=C(/C=C(O)\C=C(/C)O)[C@@]1(C)c2ccc([nH]2)[C@@](C)(C(=C)/C=C(O)\C=C(/C)O)c2ccc([nH]2)[C@@](C)(c2cc(O)cc(O)c2)c2ccc([nH]2)[C@@](C)(c2cc(O)cc(O)c2)c2ccc1[nH]2. The molecule has 12 nitrogen and oxygen atoms in total. The quantitative estimate of drug-likeness (QED) is 0.0520. The van der Waals surface area contributed by atoms with Gasteiger partial charge < -0.3 is 60.8 Å². The van der Waals surface area contributed by atoms with Gasteiger partial charge in [0, 0.05) is 69.8 Å². The van der Waals surface area contributed by atoms with Gasteiger partial charge in [-0.25, -0.2) is 0 Å². The van der Waals surface area contributed by atoms with Crippen molar-refractivity contribution in [3.63, 3.8) is 0 Å². The van der Waals surface area contributed by atoms with Crippen LogP contribution in [-0.4, -0.2) is 60.8 Å². The maximum Gasteiger partial charge on any atom is 0.119 e. The second-order valence-electron chi connectivity index (χ2n) is 16.9. The summed E-state index contributed by atoms with van der Waals surface area (Å²) in [6.07, 6.45) is 5.39. The fourth-order valence-electron chi connectivity index (χ4n) is 8.73. The molecule has 8 bridgehead atoms. The first-order valence-electron chi connectivity index (χ1n) is 19.9. The van der Waals surface area contributed by atoms with Gasteiger partial charge >= 0.3 is 0 Å². The summed E-state index contributed by atoms with van der Waals surface area (Å²) in [5, 5.41) is 85.3. The van der Waals surface area contributed by atoms with E-state index < -0.39 is 21.7 Å². The van der Waals surface area contributed by atoms with Gasteiger partial charge in [0.05, 0.1) is 33.2 Å². The summed E-state index contributed by atoms with van der Waals surface area (Å²) in [6.45, 7) is 19.5. The van der Waals surface area contributed by atoms with Crippen LogP contribution in [0, 0.1) is 0 Å². The number of hydrogen-bond acceptors (Lipinski definition) is 8. The topological polar surface area (TPSA) is 225 Å². The summed E-state index contributed by atoms with van der Waals surface area (Å²) in [7, 11) is 0. The number of aromatic amines is 4. The Labute approximate surface area is 359 Å². The minimum absolute atomic E-state index is 0.103. The number of rotatable bonds is 8. The largest absolute Gasteiger partial charge is 0.512 e. The molecule has 4 atom stereocenters. The first-order chi connectivity index (χ1) is 29.1. The number of allylic oxidation sites excluding steroid dienone is 8. The average Bonchev–Trinajstić information content (AvgIpc) is 4.02. The zero-order valence-electron chi connectivity index (χ0n) is 35.4. The van der Waals surface area contributed by atoms with Gasteiger partial charge in [-0.15, -0.1) is 0 Å². The third-order valence-corrected chi connectivity index (χ3v) is 12.7. The van der Waals surface area contributed by atoms with E-state index in [1.54, 1.807) is 24.3 Å². The molecule has 12 N–H and O–H groups in total. The van der Waals surface area contributed by atoms with Crippen molar-refractivity contribution >= 4 is 0 Å². The van der Waals surface area contributed by atoms with E-state index in [4.69, 9.17) is 0 Å². The van der Waals surface area contributed by atoms with Crippen molar-refractivity contribution in [2.45, 2.75) is 63.2 Å².